The van der Waals surface area contributed by atoms with Gasteiger partial charge in [-0.3, -0.25) is 9.59 Å². The molecule has 1 aliphatic rings. The summed E-state index contributed by atoms with van der Waals surface area (Å²) in [5, 5.41) is 2.88. The molecule has 4 nitrogen and oxygen atoms in total. The molecule has 0 saturated carbocycles. The van der Waals surface area contributed by atoms with Gasteiger partial charge in [0.15, 0.2) is 0 Å². The summed E-state index contributed by atoms with van der Waals surface area (Å²) in [5.41, 5.74) is 3.23. The zero-order valence-electron chi connectivity index (χ0n) is 14.2. The second-order valence-corrected chi connectivity index (χ2v) is 7.40. The first kappa shape index (κ1) is 16.5. The lowest BCUT2D eigenvalue weighted by Crippen LogP contribution is -2.42. The van der Waals surface area contributed by atoms with E-state index in [0.29, 0.717) is 19.4 Å². The van der Waals surface area contributed by atoms with Crippen molar-refractivity contribution in [2.75, 3.05) is 11.4 Å². The number of nitrogens with zero attached hydrogens (tertiary/aromatic N) is 1. The summed E-state index contributed by atoms with van der Waals surface area (Å²) in [6, 6.07) is 5.65. The van der Waals surface area contributed by atoms with Gasteiger partial charge in [-0.25, -0.2) is 0 Å². The lowest BCUT2D eigenvalue weighted by atomic mass is 9.92. The lowest BCUT2D eigenvalue weighted by molar-refractivity contribution is -0.127. The molecule has 120 valence electrons. The first-order valence-corrected chi connectivity index (χ1v) is 7.85. The summed E-state index contributed by atoms with van der Waals surface area (Å²) in [5.74, 6) is -0.0571. The van der Waals surface area contributed by atoms with Crippen molar-refractivity contribution in [2.45, 2.75) is 53.5 Å². The van der Waals surface area contributed by atoms with E-state index in [1.54, 1.807) is 4.90 Å². The molecule has 22 heavy (non-hydrogen) atoms. The molecule has 1 heterocycles. The predicted octanol–water partition coefficient (Wildman–Crippen LogP) is 2.96. The van der Waals surface area contributed by atoms with Crippen molar-refractivity contribution in [1.82, 2.24) is 5.32 Å². The molecule has 2 amide bonds. The average Bonchev–Trinajstić information content (AvgIpc) is 2.72. The van der Waals surface area contributed by atoms with E-state index in [-0.39, 0.29) is 17.2 Å². The lowest BCUT2D eigenvalue weighted by Gasteiger charge is -2.20. The van der Waals surface area contributed by atoms with Crippen molar-refractivity contribution in [3.63, 3.8) is 0 Å². The number of nitrogens with one attached hydrogen (secondary N) is 1. The van der Waals surface area contributed by atoms with E-state index in [0.717, 1.165) is 5.69 Å². The van der Waals surface area contributed by atoms with E-state index in [9.17, 15) is 9.59 Å². The number of amides is 2. The van der Waals surface area contributed by atoms with Crippen LogP contribution in [0.3, 0.4) is 0 Å². The summed E-state index contributed by atoms with van der Waals surface area (Å²) in [4.78, 5) is 26.3. The topological polar surface area (TPSA) is 49.4 Å². The van der Waals surface area contributed by atoms with Gasteiger partial charge in [-0.2, -0.15) is 0 Å². The molecule has 0 spiro atoms. The Balaban J connectivity index is 2.03. The van der Waals surface area contributed by atoms with Gasteiger partial charge in [-0.05, 0) is 48.9 Å². The first-order valence-electron chi connectivity index (χ1n) is 7.85. The van der Waals surface area contributed by atoms with Gasteiger partial charge < -0.3 is 10.2 Å². The molecule has 0 aromatic heterocycles. The third kappa shape index (κ3) is 3.87. The fourth-order valence-electron chi connectivity index (χ4n) is 2.69. The van der Waals surface area contributed by atoms with Crippen LogP contribution in [0.5, 0.6) is 0 Å². The van der Waals surface area contributed by atoms with Crippen LogP contribution < -0.4 is 10.2 Å². The standard InChI is InChI=1S/C18H26N2O2/c1-12-6-7-14(10-13(12)2)20-9-8-15(17(20)22)19-16(21)11-18(3,4)5/h6-7,10,15H,8-9,11H2,1-5H3,(H,19,21)/t15-/m0/s1. The third-order valence-corrected chi connectivity index (χ3v) is 4.03. The fourth-order valence-corrected chi connectivity index (χ4v) is 2.69. The molecule has 1 saturated heterocycles. The van der Waals surface area contributed by atoms with E-state index in [1.165, 1.54) is 11.1 Å². The van der Waals surface area contributed by atoms with E-state index in [1.807, 2.05) is 45.9 Å². The van der Waals surface area contributed by atoms with Crippen molar-refractivity contribution >= 4 is 17.5 Å². The number of carbonyl (C=O) groups is 2. The highest BCUT2D eigenvalue weighted by Crippen LogP contribution is 2.24. The van der Waals surface area contributed by atoms with E-state index in [4.69, 9.17) is 0 Å². The molecular formula is C18H26N2O2. The van der Waals surface area contributed by atoms with Crippen molar-refractivity contribution < 1.29 is 9.59 Å². The number of anilines is 1. The van der Waals surface area contributed by atoms with Crippen LogP contribution in [0.4, 0.5) is 5.69 Å². The Morgan fingerprint density at radius 2 is 1.95 bits per heavy atom. The van der Waals surface area contributed by atoms with Gasteiger partial charge in [0, 0.05) is 18.7 Å². The molecule has 0 aliphatic carbocycles. The maximum Gasteiger partial charge on any atom is 0.249 e. The maximum atomic E-state index is 12.5. The second-order valence-electron chi connectivity index (χ2n) is 7.40. The smallest absolute Gasteiger partial charge is 0.249 e. The van der Waals surface area contributed by atoms with Gasteiger partial charge in [0.25, 0.3) is 0 Å². The summed E-state index contributed by atoms with van der Waals surface area (Å²) in [6.07, 6.45) is 1.10. The van der Waals surface area contributed by atoms with Crippen molar-refractivity contribution in [1.29, 1.82) is 0 Å². The molecule has 0 unspecified atom stereocenters. The minimum Gasteiger partial charge on any atom is -0.344 e. The van der Waals surface area contributed by atoms with Crippen molar-refractivity contribution in [3.8, 4) is 0 Å². The molecular weight excluding hydrogens is 276 g/mol. The van der Waals surface area contributed by atoms with Crippen LogP contribution >= 0.6 is 0 Å². The van der Waals surface area contributed by atoms with E-state index >= 15 is 0 Å². The highest BCUT2D eigenvalue weighted by atomic mass is 16.2. The first-order chi connectivity index (χ1) is 10.2. The summed E-state index contributed by atoms with van der Waals surface area (Å²) in [6.45, 7) is 10.8. The quantitative estimate of drug-likeness (QED) is 0.933. The summed E-state index contributed by atoms with van der Waals surface area (Å²) >= 11 is 0. The van der Waals surface area contributed by atoms with Crippen LogP contribution in [0.1, 0.15) is 44.7 Å². The minimum absolute atomic E-state index is 0.00878. The Morgan fingerprint density at radius 1 is 1.27 bits per heavy atom. The summed E-state index contributed by atoms with van der Waals surface area (Å²) < 4.78 is 0. The monoisotopic (exact) mass is 302 g/mol. The molecule has 0 radical (unpaired) electrons. The summed E-state index contributed by atoms with van der Waals surface area (Å²) in [7, 11) is 0. The number of hydrogen-bond acceptors (Lipinski definition) is 2. The van der Waals surface area contributed by atoms with Crippen LogP contribution in [0.25, 0.3) is 0 Å². The van der Waals surface area contributed by atoms with Crippen LogP contribution in [0, 0.1) is 19.3 Å². The Labute approximate surface area is 132 Å². The van der Waals surface area contributed by atoms with Gasteiger partial charge in [0.1, 0.15) is 6.04 Å². The highest BCUT2D eigenvalue weighted by molar-refractivity contribution is 6.01. The van der Waals surface area contributed by atoms with E-state index in [2.05, 4.69) is 12.2 Å². The van der Waals surface area contributed by atoms with Gasteiger partial charge in [0.05, 0.1) is 0 Å². The Kier molecular flexibility index (Phi) is 4.59. The zero-order valence-corrected chi connectivity index (χ0v) is 14.2. The Morgan fingerprint density at radius 3 is 2.55 bits per heavy atom. The fraction of sp³-hybridized carbons (Fsp3) is 0.556. The average molecular weight is 302 g/mol. The van der Waals surface area contributed by atoms with Crippen LogP contribution in [0.2, 0.25) is 0 Å². The molecule has 1 N–H and O–H groups in total. The number of carbonyl (C=O) groups excluding carboxylic acids is 2. The van der Waals surface area contributed by atoms with Crippen LogP contribution in [-0.4, -0.2) is 24.4 Å². The SMILES string of the molecule is Cc1ccc(N2CC[C@H](NC(=O)CC(C)(C)C)C2=O)cc1C. The van der Waals surface area contributed by atoms with Gasteiger partial charge in [0.2, 0.25) is 11.8 Å². The molecule has 1 aromatic rings. The largest absolute Gasteiger partial charge is 0.344 e. The van der Waals surface area contributed by atoms with Crippen LogP contribution in [0.15, 0.2) is 18.2 Å². The van der Waals surface area contributed by atoms with Crippen molar-refractivity contribution in [2.24, 2.45) is 5.41 Å². The maximum absolute atomic E-state index is 12.5. The molecule has 1 atom stereocenters. The second kappa shape index (κ2) is 6.11. The predicted molar refractivity (Wildman–Crippen MR) is 88.9 cm³/mol. The molecule has 1 fully saturated rings. The van der Waals surface area contributed by atoms with Crippen molar-refractivity contribution in [3.05, 3.63) is 29.3 Å². The number of aryl methyl sites for hydroxylation is 2. The Hall–Kier alpha value is -1.84. The van der Waals surface area contributed by atoms with Gasteiger partial charge >= 0.3 is 0 Å². The minimum atomic E-state index is -0.392. The Bertz CT molecular complexity index is 587. The van der Waals surface area contributed by atoms with Gasteiger partial charge in [-0.1, -0.05) is 26.8 Å². The van der Waals surface area contributed by atoms with Crippen LogP contribution in [-0.2, 0) is 9.59 Å². The zero-order chi connectivity index (χ0) is 16.5. The molecule has 1 aliphatic heterocycles. The number of rotatable bonds is 3. The molecule has 4 heteroatoms. The molecule has 2 rings (SSSR count). The molecule has 0 bridgehead atoms. The molecule has 1 aromatic carbocycles. The number of hydrogen-bond donors (Lipinski definition) is 1. The number of benzene rings is 1. The normalized spacial score (nSPS) is 18.7. The third-order valence-electron chi connectivity index (χ3n) is 4.03. The van der Waals surface area contributed by atoms with Gasteiger partial charge in [-0.15, -0.1) is 0 Å². The van der Waals surface area contributed by atoms with E-state index < -0.39 is 6.04 Å². The highest BCUT2D eigenvalue weighted by Gasteiger charge is 2.34.